The van der Waals surface area contributed by atoms with Crippen LogP contribution in [0.5, 0.6) is 0 Å². The highest BCUT2D eigenvalue weighted by Gasteiger charge is 2.30. The summed E-state index contributed by atoms with van der Waals surface area (Å²) in [5.41, 5.74) is 2.44. The fraction of sp³-hybridized carbons (Fsp3) is 0.304. The number of H-pyrrole nitrogens is 1. The Bertz CT molecular complexity index is 1010. The van der Waals surface area contributed by atoms with Gasteiger partial charge in [0.1, 0.15) is 11.3 Å². The van der Waals surface area contributed by atoms with Gasteiger partial charge in [-0.25, -0.2) is 0 Å². The molecule has 0 saturated carbocycles. The van der Waals surface area contributed by atoms with Crippen molar-refractivity contribution in [2.45, 2.75) is 38.6 Å². The molecule has 0 spiro atoms. The molecule has 1 aliphatic heterocycles. The number of likely N-dealkylation sites (tertiary alicyclic amines) is 1. The number of nitrogens with zero attached hydrogens (tertiary/aromatic N) is 1. The lowest BCUT2D eigenvalue weighted by Crippen LogP contribution is -2.37. The molecule has 28 heavy (non-hydrogen) atoms. The number of aromatic amines is 1. The largest absolute Gasteiger partial charge is 0.467 e. The van der Waals surface area contributed by atoms with Crippen molar-refractivity contribution < 1.29 is 9.21 Å². The van der Waals surface area contributed by atoms with Crippen LogP contribution >= 0.6 is 0 Å². The van der Waals surface area contributed by atoms with Crippen LogP contribution in [0, 0.1) is 6.92 Å². The number of rotatable bonds is 3. The number of nitrogens with one attached hydrogen (secondary N) is 1. The zero-order valence-corrected chi connectivity index (χ0v) is 16.0. The Hall–Kier alpha value is -3.08. The summed E-state index contributed by atoms with van der Waals surface area (Å²) in [5, 5.41) is 0. The minimum absolute atomic E-state index is 0.133. The number of furan rings is 1. The Morgan fingerprint density at radius 2 is 1.93 bits per heavy atom. The average molecular weight is 376 g/mol. The molecule has 5 nitrogen and oxygen atoms in total. The number of hydrogen-bond donors (Lipinski definition) is 1. The molecule has 2 aromatic heterocycles. The highest BCUT2D eigenvalue weighted by atomic mass is 16.3. The van der Waals surface area contributed by atoms with Crippen molar-refractivity contribution in [2.24, 2.45) is 0 Å². The van der Waals surface area contributed by atoms with E-state index in [1.54, 1.807) is 17.2 Å². The number of aryl methyl sites for hydroxylation is 1. The van der Waals surface area contributed by atoms with E-state index in [9.17, 15) is 9.59 Å². The number of aromatic nitrogens is 1. The van der Waals surface area contributed by atoms with Gasteiger partial charge in [-0.1, -0.05) is 43.2 Å². The van der Waals surface area contributed by atoms with Gasteiger partial charge in [0, 0.05) is 17.8 Å². The Balaban J connectivity index is 1.75. The van der Waals surface area contributed by atoms with Crippen LogP contribution in [0.3, 0.4) is 0 Å². The molecular weight excluding hydrogens is 352 g/mol. The van der Waals surface area contributed by atoms with Crippen LogP contribution < -0.4 is 5.56 Å². The molecule has 1 aliphatic rings. The predicted octanol–water partition coefficient (Wildman–Crippen LogP) is 4.70. The monoisotopic (exact) mass is 376 g/mol. The number of benzene rings is 1. The van der Waals surface area contributed by atoms with E-state index in [0.717, 1.165) is 48.3 Å². The fourth-order valence-corrected chi connectivity index (χ4v) is 3.98. The quantitative estimate of drug-likeness (QED) is 0.720. The normalized spacial score (nSPS) is 17.3. The van der Waals surface area contributed by atoms with Crippen molar-refractivity contribution in [1.82, 2.24) is 9.88 Å². The minimum atomic E-state index is -0.343. The molecule has 1 atom stereocenters. The van der Waals surface area contributed by atoms with E-state index in [0.29, 0.717) is 6.54 Å². The van der Waals surface area contributed by atoms with Crippen molar-refractivity contribution in [3.05, 3.63) is 82.2 Å². The first-order valence-corrected chi connectivity index (χ1v) is 9.79. The molecule has 0 radical (unpaired) electrons. The molecule has 1 N–H and O–H groups in total. The third-order valence-corrected chi connectivity index (χ3v) is 5.44. The SMILES string of the molecule is Cc1[nH]c(=O)c(C(=O)N2CCCCC[C@@H]2c2ccco2)cc1-c1ccccc1. The maximum Gasteiger partial charge on any atom is 0.261 e. The van der Waals surface area contributed by atoms with Crippen molar-refractivity contribution in [2.75, 3.05) is 6.54 Å². The van der Waals surface area contributed by atoms with Crippen molar-refractivity contribution >= 4 is 5.91 Å². The predicted molar refractivity (Wildman–Crippen MR) is 108 cm³/mol. The van der Waals surface area contributed by atoms with E-state index >= 15 is 0 Å². The summed E-state index contributed by atoms with van der Waals surface area (Å²) < 4.78 is 5.61. The van der Waals surface area contributed by atoms with Gasteiger partial charge in [-0.05, 0) is 43.5 Å². The van der Waals surface area contributed by atoms with Crippen LogP contribution in [0.25, 0.3) is 11.1 Å². The number of hydrogen-bond acceptors (Lipinski definition) is 3. The van der Waals surface area contributed by atoms with Gasteiger partial charge >= 0.3 is 0 Å². The summed E-state index contributed by atoms with van der Waals surface area (Å²) in [6.45, 7) is 2.48. The summed E-state index contributed by atoms with van der Waals surface area (Å²) >= 11 is 0. The number of carbonyl (C=O) groups is 1. The van der Waals surface area contributed by atoms with Gasteiger partial charge in [0.2, 0.25) is 0 Å². The summed E-state index contributed by atoms with van der Waals surface area (Å²) in [4.78, 5) is 30.8. The highest BCUT2D eigenvalue weighted by Crippen LogP contribution is 2.32. The van der Waals surface area contributed by atoms with Crippen LogP contribution in [-0.2, 0) is 0 Å². The lowest BCUT2D eigenvalue weighted by atomic mass is 10.0. The molecule has 0 bridgehead atoms. The Labute approximate surface area is 164 Å². The second kappa shape index (κ2) is 7.89. The van der Waals surface area contributed by atoms with Crippen LogP contribution in [0.2, 0.25) is 0 Å². The molecule has 3 aromatic rings. The molecule has 0 aliphatic carbocycles. The molecular formula is C23H24N2O3. The second-order valence-electron chi connectivity index (χ2n) is 7.30. The van der Waals surface area contributed by atoms with Crippen molar-refractivity contribution in [3.8, 4) is 11.1 Å². The van der Waals surface area contributed by atoms with E-state index in [-0.39, 0.29) is 23.1 Å². The van der Waals surface area contributed by atoms with Crippen LogP contribution in [-0.4, -0.2) is 22.3 Å². The Morgan fingerprint density at radius 3 is 2.68 bits per heavy atom. The summed E-state index contributed by atoms with van der Waals surface area (Å²) in [6.07, 6.45) is 5.51. The van der Waals surface area contributed by atoms with E-state index in [1.165, 1.54) is 0 Å². The minimum Gasteiger partial charge on any atom is -0.467 e. The lowest BCUT2D eigenvalue weighted by Gasteiger charge is -2.28. The van der Waals surface area contributed by atoms with Crippen LogP contribution in [0.15, 0.2) is 64.0 Å². The Morgan fingerprint density at radius 1 is 1.11 bits per heavy atom. The molecule has 4 rings (SSSR count). The van der Waals surface area contributed by atoms with E-state index in [4.69, 9.17) is 4.42 Å². The molecule has 144 valence electrons. The van der Waals surface area contributed by atoms with Crippen LogP contribution in [0.4, 0.5) is 0 Å². The molecule has 1 fully saturated rings. The van der Waals surface area contributed by atoms with Gasteiger partial charge in [0.15, 0.2) is 0 Å². The van der Waals surface area contributed by atoms with Crippen molar-refractivity contribution in [3.63, 3.8) is 0 Å². The summed E-state index contributed by atoms with van der Waals surface area (Å²) in [6, 6.07) is 15.1. The standard InChI is InChI=1S/C23H24N2O3/c1-16-18(17-9-4-2-5-10-17)15-19(22(26)24-16)23(27)25-13-7-3-6-11-20(25)21-12-8-14-28-21/h2,4-5,8-10,12,14-15,20H,3,6-7,11,13H2,1H3,(H,24,26)/t20-/m1/s1. The maximum absolute atomic E-state index is 13.4. The first-order valence-electron chi connectivity index (χ1n) is 9.79. The molecule has 1 amide bonds. The third-order valence-electron chi connectivity index (χ3n) is 5.44. The maximum atomic E-state index is 13.4. The van der Waals surface area contributed by atoms with E-state index < -0.39 is 0 Å². The fourth-order valence-electron chi connectivity index (χ4n) is 3.98. The van der Waals surface area contributed by atoms with Gasteiger partial charge in [-0.15, -0.1) is 0 Å². The smallest absolute Gasteiger partial charge is 0.261 e. The molecule has 3 heterocycles. The van der Waals surface area contributed by atoms with Gasteiger partial charge in [-0.2, -0.15) is 0 Å². The molecule has 5 heteroatoms. The van der Waals surface area contributed by atoms with Gasteiger partial charge in [0.25, 0.3) is 11.5 Å². The van der Waals surface area contributed by atoms with Gasteiger partial charge in [-0.3, -0.25) is 9.59 Å². The topological polar surface area (TPSA) is 66.3 Å². The Kier molecular flexibility index (Phi) is 5.15. The first-order chi connectivity index (χ1) is 13.6. The summed E-state index contributed by atoms with van der Waals surface area (Å²) in [5.74, 6) is 0.545. The zero-order valence-electron chi connectivity index (χ0n) is 16.0. The average Bonchev–Trinajstić information content (AvgIpc) is 3.13. The lowest BCUT2D eigenvalue weighted by molar-refractivity contribution is 0.0656. The summed E-state index contributed by atoms with van der Waals surface area (Å²) in [7, 11) is 0. The van der Waals surface area contributed by atoms with E-state index in [2.05, 4.69) is 4.98 Å². The molecule has 1 aromatic carbocycles. The zero-order chi connectivity index (χ0) is 19.5. The van der Waals surface area contributed by atoms with Gasteiger partial charge < -0.3 is 14.3 Å². The van der Waals surface area contributed by atoms with Crippen molar-refractivity contribution in [1.29, 1.82) is 0 Å². The van der Waals surface area contributed by atoms with Gasteiger partial charge in [0.05, 0.1) is 12.3 Å². The highest BCUT2D eigenvalue weighted by molar-refractivity contribution is 5.95. The number of amides is 1. The third kappa shape index (κ3) is 3.52. The second-order valence-corrected chi connectivity index (χ2v) is 7.30. The van der Waals surface area contributed by atoms with Crippen LogP contribution in [0.1, 0.15) is 53.5 Å². The first kappa shape index (κ1) is 18.3. The number of carbonyl (C=O) groups excluding carboxylic acids is 1. The van der Waals surface area contributed by atoms with E-state index in [1.807, 2.05) is 49.4 Å². The molecule has 0 unspecified atom stereocenters. The number of pyridine rings is 1. The molecule has 1 saturated heterocycles.